The second-order valence-electron chi connectivity index (χ2n) is 5.69. The number of fused-ring (bicyclic) bond motifs is 1. The van der Waals surface area contributed by atoms with Crippen molar-refractivity contribution in [3.8, 4) is 6.07 Å². The molecule has 1 fully saturated rings. The van der Waals surface area contributed by atoms with Gasteiger partial charge in [-0.05, 0) is 41.7 Å². The molecule has 3 heteroatoms. The third-order valence-corrected chi connectivity index (χ3v) is 4.30. The van der Waals surface area contributed by atoms with Crippen LogP contribution in [0.4, 0.5) is 0 Å². The number of carbonyl (C=O) groups excluding carboxylic acids is 1. The van der Waals surface area contributed by atoms with Crippen molar-refractivity contribution in [2.24, 2.45) is 17.8 Å². The van der Waals surface area contributed by atoms with Gasteiger partial charge >= 0.3 is 0 Å². The highest BCUT2D eigenvalue weighted by atomic mass is 16.1. The molecule has 1 aromatic carbocycles. The standard InChI is InChI=1S/C17H16N2O/c1-11(10-20)16-8-14(16)7-12-2-3-15-13(6-12)4-5-19-17(15)9-18/h2-6,10-11,14,16H,7-8H2,1H3/t11-,14-,16?/m1/s1. The van der Waals surface area contributed by atoms with Gasteiger partial charge in [-0.1, -0.05) is 25.1 Å². The molecular weight excluding hydrogens is 248 g/mol. The van der Waals surface area contributed by atoms with E-state index in [0.29, 0.717) is 17.5 Å². The zero-order chi connectivity index (χ0) is 14.1. The van der Waals surface area contributed by atoms with E-state index in [1.54, 1.807) is 6.20 Å². The van der Waals surface area contributed by atoms with Gasteiger partial charge in [-0.15, -0.1) is 0 Å². The number of rotatable bonds is 4. The lowest BCUT2D eigenvalue weighted by Gasteiger charge is -2.05. The molecule has 0 bridgehead atoms. The van der Waals surface area contributed by atoms with Crippen molar-refractivity contribution in [2.75, 3.05) is 0 Å². The van der Waals surface area contributed by atoms with Crippen LogP contribution < -0.4 is 0 Å². The lowest BCUT2D eigenvalue weighted by molar-refractivity contribution is -0.111. The number of aldehydes is 1. The first-order valence-corrected chi connectivity index (χ1v) is 6.96. The minimum atomic E-state index is 0.176. The Morgan fingerprint density at radius 3 is 3.10 bits per heavy atom. The van der Waals surface area contributed by atoms with Gasteiger partial charge in [0.25, 0.3) is 0 Å². The molecule has 1 aliphatic carbocycles. The van der Waals surface area contributed by atoms with Gasteiger partial charge in [0.15, 0.2) is 0 Å². The number of nitriles is 1. The van der Waals surface area contributed by atoms with Crippen molar-refractivity contribution in [3.63, 3.8) is 0 Å². The lowest BCUT2D eigenvalue weighted by Crippen LogP contribution is -2.01. The fourth-order valence-corrected chi connectivity index (χ4v) is 3.00. The van der Waals surface area contributed by atoms with Crippen molar-refractivity contribution >= 4 is 17.1 Å². The maximum absolute atomic E-state index is 10.8. The third kappa shape index (κ3) is 2.30. The highest BCUT2D eigenvalue weighted by Gasteiger charge is 2.40. The van der Waals surface area contributed by atoms with E-state index in [0.717, 1.165) is 29.9 Å². The topological polar surface area (TPSA) is 53.8 Å². The molecule has 1 unspecified atom stereocenters. The van der Waals surface area contributed by atoms with Gasteiger partial charge in [-0.3, -0.25) is 0 Å². The number of hydrogen-bond acceptors (Lipinski definition) is 3. The zero-order valence-electron chi connectivity index (χ0n) is 11.4. The minimum absolute atomic E-state index is 0.176. The highest BCUT2D eigenvalue weighted by Crippen LogP contribution is 2.45. The molecule has 0 amide bonds. The summed E-state index contributed by atoms with van der Waals surface area (Å²) in [6.45, 7) is 2.00. The highest BCUT2D eigenvalue weighted by molar-refractivity contribution is 5.86. The second-order valence-corrected chi connectivity index (χ2v) is 5.69. The SMILES string of the molecule is C[C@H](C=O)C1C[C@H]1Cc1ccc2c(C#N)nccc2c1. The molecule has 0 saturated heterocycles. The van der Waals surface area contributed by atoms with Gasteiger partial charge < -0.3 is 4.79 Å². The fraction of sp³-hybridized carbons (Fsp3) is 0.353. The van der Waals surface area contributed by atoms with Gasteiger partial charge in [-0.2, -0.15) is 5.26 Å². The van der Waals surface area contributed by atoms with E-state index in [1.165, 1.54) is 5.56 Å². The maximum atomic E-state index is 10.8. The third-order valence-electron chi connectivity index (χ3n) is 4.30. The number of carbonyl (C=O) groups is 1. The first-order valence-electron chi connectivity index (χ1n) is 6.96. The molecule has 3 nitrogen and oxygen atoms in total. The van der Waals surface area contributed by atoms with Crippen LogP contribution >= 0.6 is 0 Å². The predicted octanol–water partition coefficient (Wildman–Crippen LogP) is 3.12. The van der Waals surface area contributed by atoms with Crippen molar-refractivity contribution in [2.45, 2.75) is 19.8 Å². The zero-order valence-corrected chi connectivity index (χ0v) is 11.4. The van der Waals surface area contributed by atoms with Gasteiger partial charge in [0.2, 0.25) is 0 Å². The molecule has 2 aromatic rings. The van der Waals surface area contributed by atoms with Crippen LogP contribution in [0.15, 0.2) is 30.5 Å². The molecule has 0 aliphatic heterocycles. The van der Waals surface area contributed by atoms with Crippen LogP contribution in [-0.2, 0) is 11.2 Å². The predicted molar refractivity (Wildman–Crippen MR) is 77.0 cm³/mol. The van der Waals surface area contributed by atoms with Crippen LogP contribution in [0.5, 0.6) is 0 Å². The number of aromatic nitrogens is 1. The van der Waals surface area contributed by atoms with Crippen LogP contribution in [0.2, 0.25) is 0 Å². The Hall–Kier alpha value is -2.21. The van der Waals surface area contributed by atoms with Crippen LogP contribution in [0.3, 0.4) is 0 Å². The van der Waals surface area contributed by atoms with E-state index < -0.39 is 0 Å². The summed E-state index contributed by atoms with van der Waals surface area (Å²) in [7, 11) is 0. The van der Waals surface area contributed by atoms with E-state index in [1.807, 2.05) is 19.1 Å². The second kappa shape index (κ2) is 5.05. The lowest BCUT2D eigenvalue weighted by atomic mass is 10.00. The van der Waals surface area contributed by atoms with E-state index in [2.05, 4.69) is 23.2 Å². The van der Waals surface area contributed by atoms with Crippen molar-refractivity contribution in [3.05, 3.63) is 41.7 Å². The Morgan fingerprint density at radius 1 is 1.50 bits per heavy atom. The smallest absolute Gasteiger partial charge is 0.148 e. The average Bonchev–Trinajstić information content (AvgIpc) is 3.24. The van der Waals surface area contributed by atoms with Crippen molar-refractivity contribution in [1.29, 1.82) is 5.26 Å². The summed E-state index contributed by atoms with van der Waals surface area (Å²) in [5.41, 5.74) is 1.76. The van der Waals surface area contributed by atoms with Crippen LogP contribution in [0.25, 0.3) is 10.8 Å². The summed E-state index contributed by atoms with van der Waals surface area (Å²) < 4.78 is 0. The Bertz CT molecular complexity index is 702. The van der Waals surface area contributed by atoms with E-state index in [9.17, 15) is 4.79 Å². The number of pyridine rings is 1. The molecule has 3 rings (SSSR count). The van der Waals surface area contributed by atoms with Crippen LogP contribution in [-0.4, -0.2) is 11.3 Å². The number of hydrogen-bond donors (Lipinski definition) is 0. The van der Waals surface area contributed by atoms with Gasteiger partial charge in [0.05, 0.1) is 0 Å². The van der Waals surface area contributed by atoms with E-state index in [4.69, 9.17) is 5.26 Å². The summed E-state index contributed by atoms with van der Waals surface area (Å²) >= 11 is 0. The van der Waals surface area contributed by atoms with Gasteiger partial charge in [-0.25, -0.2) is 4.98 Å². The molecule has 1 aromatic heterocycles. The molecular formula is C17H16N2O. The summed E-state index contributed by atoms with van der Waals surface area (Å²) in [5.74, 6) is 1.36. The molecule has 1 saturated carbocycles. The molecule has 1 aliphatic rings. The quantitative estimate of drug-likeness (QED) is 0.797. The molecule has 0 radical (unpaired) electrons. The largest absolute Gasteiger partial charge is 0.303 e. The fourth-order valence-electron chi connectivity index (χ4n) is 3.00. The van der Waals surface area contributed by atoms with Gasteiger partial charge in [0, 0.05) is 17.5 Å². The molecule has 0 spiro atoms. The van der Waals surface area contributed by atoms with Crippen LogP contribution in [0.1, 0.15) is 24.6 Å². The summed E-state index contributed by atoms with van der Waals surface area (Å²) in [6, 6.07) is 10.3. The number of nitrogens with zero attached hydrogens (tertiary/aromatic N) is 2. The van der Waals surface area contributed by atoms with Crippen molar-refractivity contribution < 1.29 is 4.79 Å². The average molecular weight is 264 g/mol. The molecule has 3 atom stereocenters. The summed E-state index contributed by atoms with van der Waals surface area (Å²) in [4.78, 5) is 14.9. The first-order chi connectivity index (χ1) is 9.72. The molecule has 20 heavy (non-hydrogen) atoms. The normalized spacial score (nSPS) is 22.2. The monoisotopic (exact) mass is 264 g/mol. The molecule has 0 N–H and O–H groups in total. The Kier molecular flexibility index (Phi) is 3.23. The van der Waals surface area contributed by atoms with Crippen molar-refractivity contribution in [1.82, 2.24) is 4.98 Å². The Labute approximate surface area is 118 Å². The molecule has 1 heterocycles. The van der Waals surface area contributed by atoms with E-state index >= 15 is 0 Å². The Balaban J connectivity index is 1.81. The van der Waals surface area contributed by atoms with Crippen LogP contribution in [0, 0.1) is 29.1 Å². The first kappa shape index (κ1) is 12.8. The maximum Gasteiger partial charge on any atom is 0.148 e. The summed E-state index contributed by atoms with van der Waals surface area (Å²) in [5, 5.41) is 11.0. The minimum Gasteiger partial charge on any atom is -0.303 e. The molecule has 100 valence electrons. The van der Waals surface area contributed by atoms with E-state index in [-0.39, 0.29) is 5.92 Å². The number of benzene rings is 1. The summed E-state index contributed by atoms with van der Waals surface area (Å²) in [6.07, 6.45) is 4.91. The van der Waals surface area contributed by atoms with Gasteiger partial charge in [0.1, 0.15) is 18.0 Å². The Morgan fingerprint density at radius 2 is 2.35 bits per heavy atom.